The second-order valence-corrected chi connectivity index (χ2v) is 9.11. The van der Waals surface area contributed by atoms with E-state index in [2.05, 4.69) is 5.32 Å². The topological polar surface area (TPSA) is 119 Å². The molecule has 0 atom stereocenters. The summed E-state index contributed by atoms with van der Waals surface area (Å²) in [5.41, 5.74) is 7.40. The molecule has 0 saturated heterocycles. The van der Waals surface area contributed by atoms with Crippen molar-refractivity contribution in [1.82, 2.24) is 4.90 Å². The smallest absolute Gasteiger partial charge is 0.269 e. The number of hydrogen-bond acceptors (Lipinski definition) is 5. The summed E-state index contributed by atoms with van der Waals surface area (Å²) in [4.78, 5) is 37.7. The summed E-state index contributed by atoms with van der Waals surface area (Å²) in [5.74, 6) is -2.52. The largest absolute Gasteiger partial charge is 0.331 e. The summed E-state index contributed by atoms with van der Waals surface area (Å²) in [7, 11) is 0. The van der Waals surface area contributed by atoms with Gasteiger partial charge in [0.2, 0.25) is 0 Å². The molecule has 8 nitrogen and oxygen atoms in total. The first-order valence-electron chi connectivity index (χ1n) is 11.9. The molecule has 3 aromatic rings. The van der Waals surface area contributed by atoms with Gasteiger partial charge in [-0.25, -0.2) is 8.78 Å². The van der Waals surface area contributed by atoms with Gasteiger partial charge in [0.05, 0.1) is 4.92 Å². The van der Waals surface area contributed by atoms with Crippen LogP contribution in [0.5, 0.6) is 0 Å². The highest BCUT2D eigenvalue weighted by Gasteiger charge is 2.29. The first-order chi connectivity index (χ1) is 17.7. The van der Waals surface area contributed by atoms with Crippen LogP contribution >= 0.6 is 0 Å². The Balaban J connectivity index is 1.49. The number of halogens is 2. The lowest BCUT2D eigenvalue weighted by Gasteiger charge is -2.36. The Bertz CT molecular complexity index is 1270. The van der Waals surface area contributed by atoms with Crippen molar-refractivity contribution < 1.29 is 23.3 Å². The van der Waals surface area contributed by atoms with Crippen molar-refractivity contribution >= 4 is 23.2 Å². The Kier molecular flexibility index (Phi) is 7.88. The predicted molar refractivity (Wildman–Crippen MR) is 134 cm³/mol. The highest BCUT2D eigenvalue weighted by molar-refractivity contribution is 6.04. The average molecular weight is 509 g/mol. The van der Waals surface area contributed by atoms with E-state index in [-0.39, 0.29) is 35.4 Å². The van der Waals surface area contributed by atoms with Crippen LogP contribution < -0.4 is 11.1 Å². The molecule has 10 heteroatoms. The van der Waals surface area contributed by atoms with Gasteiger partial charge in [-0.15, -0.1) is 0 Å². The van der Waals surface area contributed by atoms with Crippen LogP contribution in [-0.4, -0.2) is 33.7 Å². The lowest BCUT2D eigenvalue weighted by Crippen LogP contribution is -2.43. The predicted octanol–water partition coefficient (Wildman–Crippen LogP) is 5.04. The highest BCUT2D eigenvalue weighted by atomic mass is 19.1. The molecule has 0 bridgehead atoms. The minimum Gasteiger partial charge on any atom is -0.331 e. The van der Waals surface area contributed by atoms with Gasteiger partial charge >= 0.3 is 0 Å². The Morgan fingerprint density at radius 1 is 0.919 bits per heavy atom. The van der Waals surface area contributed by atoms with Crippen LogP contribution in [-0.2, 0) is 6.54 Å². The number of non-ortho nitro benzene ring substituents is 1. The van der Waals surface area contributed by atoms with Crippen LogP contribution in [0.4, 0.5) is 20.2 Å². The Morgan fingerprint density at radius 3 is 2.08 bits per heavy atom. The van der Waals surface area contributed by atoms with Crippen molar-refractivity contribution in [1.29, 1.82) is 0 Å². The van der Waals surface area contributed by atoms with E-state index in [1.807, 2.05) is 0 Å². The van der Waals surface area contributed by atoms with Crippen LogP contribution in [0.25, 0.3) is 0 Å². The molecule has 1 aliphatic carbocycles. The number of hydrogen-bond donors (Lipinski definition) is 2. The maximum absolute atomic E-state index is 13.8. The molecule has 0 radical (unpaired) electrons. The average Bonchev–Trinajstić information content (AvgIpc) is 2.88. The number of carbonyl (C=O) groups excluding carboxylic acids is 2. The van der Waals surface area contributed by atoms with Gasteiger partial charge < -0.3 is 16.0 Å². The van der Waals surface area contributed by atoms with Crippen molar-refractivity contribution in [3.05, 3.63) is 105 Å². The first-order valence-corrected chi connectivity index (χ1v) is 11.9. The van der Waals surface area contributed by atoms with E-state index in [9.17, 15) is 28.5 Å². The fourth-order valence-electron chi connectivity index (χ4n) is 4.45. The van der Waals surface area contributed by atoms with Crippen LogP contribution in [0.2, 0.25) is 0 Å². The zero-order valence-corrected chi connectivity index (χ0v) is 19.9. The standard InChI is InChI=1S/C27H26F2N4O4/c28-20-13-19(14-21(29)15-20)27(35)32(24-11-5-22(30)6-12-24)16-17-1-7-23(8-2-17)31-26(34)18-3-9-25(10-4-18)33(36)37/h1-4,7-10,13-15,22,24H,5-6,11-12,16,30H2,(H,31,34). The van der Waals surface area contributed by atoms with Crippen molar-refractivity contribution in [3.8, 4) is 0 Å². The lowest BCUT2D eigenvalue weighted by molar-refractivity contribution is -0.384. The van der Waals surface area contributed by atoms with Gasteiger partial charge in [0.15, 0.2) is 0 Å². The molecule has 0 aromatic heterocycles. The number of nitrogens with two attached hydrogens (primary N) is 1. The quantitative estimate of drug-likeness (QED) is 0.343. The van der Waals surface area contributed by atoms with Gasteiger partial charge in [-0.1, -0.05) is 12.1 Å². The number of amides is 2. The number of benzene rings is 3. The fourth-order valence-corrected chi connectivity index (χ4v) is 4.45. The van der Waals surface area contributed by atoms with E-state index < -0.39 is 28.4 Å². The highest BCUT2D eigenvalue weighted by Crippen LogP contribution is 2.26. The summed E-state index contributed by atoms with van der Waals surface area (Å²) in [6.07, 6.45) is 2.88. The third-order valence-electron chi connectivity index (χ3n) is 6.46. The van der Waals surface area contributed by atoms with Gasteiger partial charge in [-0.05, 0) is 67.6 Å². The Hall–Kier alpha value is -4.18. The third-order valence-corrected chi connectivity index (χ3v) is 6.46. The Labute approximate surface area is 212 Å². The summed E-state index contributed by atoms with van der Waals surface area (Å²) in [6.45, 7) is 0.216. The lowest BCUT2D eigenvalue weighted by atomic mass is 9.90. The molecular weight excluding hydrogens is 482 g/mol. The molecule has 0 spiro atoms. The SMILES string of the molecule is NC1CCC(N(Cc2ccc(NC(=O)c3ccc([N+](=O)[O-])cc3)cc2)C(=O)c2cc(F)cc(F)c2)CC1. The molecule has 1 saturated carbocycles. The van der Waals surface area contributed by atoms with Crippen molar-refractivity contribution in [3.63, 3.8) is 0 Å². The zero-order chi connectivity index (χ0) is 26.5. The number of rotatable bonds is 7. The number of nitrogens with one attached hydrogen (secondary N) is 1. The van der Waals surface area contributed by atoms with Crippen LogP contribution in [0.1, 0.15) is 52.0 Å². The summed E-state index contributed by atoms with van der Waals surface area (Å²) < 4.78 is 27.6. The molecule has 4 rings (SSSR count). The number of nitrogens with zero attached hydrogens (tertiary/aromatic N) is 2. The zero-order valence-electron chi connectivity index (χ0n) is 19.9. The molecule has 37 heavy (non-hydrogen) atoms. The van der Waals surface area contributed by atoms with Gasteiger partial charge in [0.25, 0.3) is 17.5 Å². The second-order valence-electron chi connectivity index (χ2n) is 9.11. The van der Waals surface area contributed by atoms with E-state index in [4.69, 9.17) is 5.73 Å². The van der Waals surface area contributed by atoms with Gasteiger partial charge in [-0.2, -0.15) is 0 Å². The van der Waals surface area contributed by atoms with Gasteiger partial charge in [-0.3, -0.25) is 19.7 Å². The second kappa shape index (κ2) is 11.3. The molecule has 0 unspecified atom stereocenters. The number of nitro benzene ring substituents is 1. The molecule has 1 fully saturated rings. The van der Waals surface area contributed by atoms with Crippen LogP contribution in [0, 0.1) is 21.7 Å². The minimum absolute atomic E-state index is 0.0562. The van der Waals surface area contributed by atoms with E-state index in [0.29, 0.717) is 18.5 Å². The normalized spacial score (nSPS) is 17.2. The number of carbonyl (C=O) groups is 2. The van der Waals surface area contributed by atoms with Crippen molar-refractivity contribution in [2.24, 2.45) is 5.73 Å². The maximum atomic E-state index is 13.8. The molecule has 0 heterocycles. The van der Waals surface area contributed by atoms with Gasteiger partial charge in [0, 0.05) is 53.6 Å². The molecule has 3 aromatic carbocycles. The number of nitro groups is 1. The van der Waals surface area contributed by atoms with E-state index >= 15 is 0 Å². The first kappa shape index (κ1) is 25.9. The maximum Gasteiger partial charge on any atom is 0.269 e. The number of anilines is 1. The summed E-state index contributed by atoms with van der Waals surface area (Å²) in [5, 5.41) is 13.5. The molecule has 1 aliphatic rings. The molecule has 0 aliphatic heterocycles. The third kappa shape index (κ3) is 6.53. The van der Waals surface area contributed by atoms with Crippen LogP contribution in [0.3, 0.4) is 0 Å². The fraction of sp³-hybridized carbons (Fsp3) is 0.259. The summed E-state index contributed by atoms with van der Waals surface area (Å²) in [6, 6.07) is 14.9. The van der Waals surface area contributed by atoms with E-state index in [1.165, 1.54) is 24.3 Å². The van der Waals surface area contributed by atoms with Crippen LogP contribution in [0.15, 0.2) is 66.7 Å². The molecule has 2 amide bonds. The summed E-state index contributed by atoms with van der Waals surface area (Å²) >= 11 is 0. The Morgan fingerprint density at radius 2 is 1.51 bits per heavy atom. The monoisotopic (exact) mass is 508 g/mol. The van der Waals surface area contributed by atoms with Gasteiger partial charge in [0.1, 0.15) is 11.6 Å². The van der Waals surface area contributed by atoms with Crippen molar-refractivity contribution in [2.45, 2.75) is 44.3 Å². The molecule has 192 valence electrons. The minimum atomic E-state index is -0.818. The molecular formula is C27H26F2N4O4. The van der Waals surface area contributed by atoms with E-state index in [1.54, 1.807) is 29.2 Å². The molecule has 3 N–H and O–H groups in total. The van der Waals surface area contributed by atoms with E-state index in [0.717, 1.165) is 36.6 Å². The van der Waals surface area contributed by atoms with Crippen molar-refractivity contribution in [2.75, 3.05) is 5.32 Å².